The fourth-order valence-corrected chi connectivity index (χ4v) is 2.73. The lowest BCUT2D eigenvalue weighted by molar-refractivity contribution is 0.0360. The first kappa shape index (κ1) is 16.2. The number of aliphatic hydroxyl groups excluding tert-OH is 1. The zero-order valence-corrected chi connectivity index (χ0v) is 12.9. The minimum Gasteiger partial charge on any atom is -0.389 e. The van der Waals surface area contributed by atoms with Crippen molar-refractivity contribution in [3.05, 3.63) is 18.2 Å². The molecule has 2 fully saturated rings. The van der Waals surface area contributed by atoms with Gasteiger partial charge < -0.3 is 35.1 Å². The van der Waals surface area contributed by atoms with Gasteiger partial charge in [0.2, 0.25) is 0 Å². The molecule has 2 aliphatic heterocycles. The van der Waals surface area contributed by atoms with E-state index in [0.29, 0.717) is 46.0 Å². The van der Waals surface area contributed by atoms with Crippen LogP contribution < -0.4 is 10.6 Å². The predicted molar refractivity (Wildman–Crippen MR) is 80.8 cm³/mol. The molecule has 2 amide bonds. The number of urea groups is 1. The van der Waals surface area contributed by atoms with Gasteiger partial charge in [-0.1, -0.05) is 0 Å². The molecular weight excluding hydrogens is 302 g/mol. The highest BCUT2D eigenvalue weighted by atomic mass is 16.5. The van der Waals surface area contributed by atoms with Crippen LogP contribution >= 0.6 is 0 Å². The minimum absolute atomic E-state index is 0.141. The van der Waals surface area contributed by atoms with E-state index in [9.17, 15) is 9.90 Å². The zero-order chi connectivity index (χ0) is 16.1. The second-order valence-corrected chi connectivity index (χ2v) is 5.71. The summed E-state index contributed by atoms with van der Waals surface area (Å²) in [6.07, 6.45) is 2.28. The van der Waals surface area contributed by atoms with E-state index in [4.69, 9.17) is 9.47 Å². The molecule has 0 unspecified atom stereocenters. The molecule has 0 aliphatic carbocycles. The van der Waals surface area contributed by atoms with Gasteiger partial charge in [-0.25, -0.2) is 9.78 Å². The maximum atomic E-state index is 12.0. The number of aromatic nitrogens is 2. The number of H-pyrrole nitrogens is 1. The molecular formula is C14H23N5O4. The summed E-state index contributed by atoms with van der Waals surface area (Å²) in [6, 6.07) is -0.304. The number of carbonyl (C=O) groups excluding carboxylic acids is 1. The van der Waals surface area contributed by atoms with E-state index in [1.54, 1.807) is 17.4 Å². The van der Waals surface area contributed by atoms with Crippen LogP contribution in [0, 0.1) is 0 Å². The van der Waals surface area contributed by atoms with E-state index in [0.717, 1.165) is 5.69 Å². The van der Waals surface area contributed by atoms with Crippen molar-refractivity contribution in [2.75, 3.05) is 39.5 Å². The van der Waals surface area contributed by atoms with Crippen LogP contribution in [0.5, 0.6) is 0 Å². The van der Waals surface area contributed by atoms with Crippen LogP contribution in [0.2, 0.25) is 0 Å². The lowest BCUT2D eigenvalue weighted by Crippen LogP contribution is -2.50. The molecule has 4 N–H and O–H groups in total. The van der Waals surface area contributed by atoms with E-state index < -0.39 is 12.2 Å². The standard InChI is InChI=1S/C14H23N5O4/c20-13-11(16-6-10-5-15-9-18-10)8-23-12(13)7-17-14(21)19-1-3-22-4-2-19/h5,9,11-13,16,20H,1-4,6-8H2,(H,15,18)(H,17,21)/t11-,12-,13+/m1/s1. The molecule has 0 bridgehead atoms. The number of imidazole rings is 1. The number of carbonyl (C=O) groups is 1. The van der Waals surface area contributed by atoms with Gasteiger partial charge in [-0.3, -0.25) is 0 Å². The number of hydrogen-bond donors (Lipinski definition) is 4. The summed E-state index contributed by atoms with van der Waals surface area (Å²) in [6.45, 7) is 3.60. The molecule has 1 aromatic heterocycles. The van der Waals surface area contributed by atoms with E-state index in [1.165, 1.54) is 0 Å². The molecule has 9 heteroatoms. The zero-order valence-electron chi connectivity index (χ0n) is 12.9. The Morgan fingerprint density at radius 1 is 1.48 bits per heavy atom. The molecule has 0 radical (unpaired) electrons. The van der Waals surface area contributed by atoms with Crippen molar-refractivity contribution in [2.45, 2.75) is 24.8 Å². The van der Waals surface area contributed by atoms with Crippen LogP contribution in [0.4, 0.5) is 4.79 Å². The molecule has 0 saturated carbocycles. The number of amides is 2. The highest BCUT2D eigenvalue weighted by molar-refractivity contribution is 5.74. The molecule has 2 aliphatic rings. The monoisotopic (exact) mass is 325 g/mol. The molecule has 9 nitrogen and oxygen atoms in total. The molecule has 3 atom stereocenters. The van der Waals surface area contributed by atoms with Crippen LogP contribution in [0.3, 0.4) is 0 Å². The maximum Gasteiger partial charge on any atom is 0.317 e. The summed E-state index contributed by atoms with van der Waals surface area (Å²) in [5.74, 6) is 0. The third-order valence-electron chi connectivity index (χ3n) is 4.15. The number of rotatable bonds is 5. The highest BCUT2D eigenvalue weighted by Crippen LogP contribution is 2.14. The normalized spacial score (nSPS) is 28.0. The lowest BCUT2D eigenvalue weighted by Gasteiger charge is -2.27. The van der Waals surface area contributed by atoms with Gasteiger partial charge in [-0.2, -0.15) is 0 Å². The molecule has 0 spiro atoms. The number of aromatic amines is 1. The van der Waals surface area contributed by atoms with Gasteiger partial charge in [0.05, 0.1) is 38.3 Å². The van der Waals surface area contributed by atoms with Crippen molar-refractivity contribution in [1.29, 1.82) is 0 Å². The highest BCUT2D eigenvalue weighted by Gasteiger charge is 2.36. The topological polar surface area (TPSA) is 112 Å². The average molecular weight is 325 g/mol. The lowest BCUT2D eigenvalue weighted by atomic mass is 10.1. The molecule has 0 aromatic carbocycles. The van der Waals surface area contributed by atoms with Crippen molar-refractivity contribution in [3.8, 4) is 0 Å². The fraction of sp³-hybridized carbons (Fsp3) is 0.714. The third-order valence-corrected chi connectivity index (χ3v) is 4.15. The maximum absolute atomic E-state index is 12.0. The van der Waals surface area contributed by atoms with E-state index in [-0.39, 0.29) is 12.1 Å². The van der Waals surface area contributed by atoms with Crippen LogP contribution in [-0.4, -0.2) is 83.7 Å². The molecule has 2 saturated heterocycles. The quantitative estimate of drug-likeness (QED) is 0.534. The number of ether oxygens (including phenoxy) is 2. The van der Waals surface area contributed by atoms with Gasteiger partial charge >= 0.3 is 6.03 Å². The van der Waals surface area contributed by atoms with Crippen molar-refractivity contribution in [2.24, 2.45) is 0 Å². The van der Waals surface area contributed by atoms with Gasteiger partial charge in [-0.15, -0.1) is 0 Å². The fourth-order valence-electron chi connectivity index (χ4n) is 2.73. The summed E-state index contributed by atoms with van der Waals surface area (Å²) in [5, 5.41) is 16.3. The van der Waals surface area contributed by atoms with Gasteiger partial charge in [-0.05, 0) is 0 Å². The first-order chi connectivity index (χ1) is 11.2. The number of aliphatic hydroxyl groups is 1. The number of hydrogen-bond acceptors (Lipinski definition) is 6. The Morgan fingerprint density at radius 3 is 3.04 bits per heavy atom. The second-order valence-electron chi connectivity index (χ2n) is 5.71. The Kier molecular flexibility index (Phi) is 5.44. The van der Waals surface area contributed by atoms with Crippen molar-refractivity contribution >= 4 is 6.03 Å². The Bertz CT molecular complexity index is 491. The number of nitrogens with one attached hydrogen (secondary N) is 3. The van der Waals surface area contributed by atoms with Crippen molar-refractivity contribution in [1.82, 2.24) is 25.5 Å². The van der Waals surface area contributed by atoms with Crippen LogP contribution in [0.15, 0.2) is 12.5 Å². The Labute approximate surface area is 134 Å². The Hall–Kier alpha value is -1.68. The minimum atomic E-state index is -0.664. The van der Waals surface area contributed by atoms with E-state index >= 15 is 0 Å². The summed E-state index contributed by atoms with van der Waals surface area (Å²) in [7, 11) is 0. The summed E-state index contributed by atoms with van der Waals surface area (Å²) >= 11 is 0. The van der Waals surface area contributed by atoms with Crippen LogP contribution in [0.1, 0.15) is 5.69 Å². The number of nitrogens with zero attached hydrogens (tertiary/aromatic N) is 2. The molecule has 128 valence electrons. The number of morpholine rings is 1. The third kappa shape index (κ3) is 4.20. The molecule has 1 aromatic rings. The van der Waals surface area contributed by atoms with Gasteiger partial charge in [0.25, 0.3) is 0 Å². The molecule has 3 rings (SSSR count). The van der Waals surface area contributed by atoms with E-state index in [2.05, 4.69) is 20.6 Å². The largest absolute Gasteiger partial charge is 0.389 e. The molecule has 3 heterocycles. The summed E-state index contributed by atoms with van der Waals surface area (Å²) < 4.78 is 10.8. The summed E-state index contributed by atoms with van der Waals surface area (Å²) in [5.41, 5.74) is 0.946. The van der Waals surface area contributed by atoms with Gasteiger partial charge in [0.1, 0.15) is 6.10 Å². The second kappa shape index (κ2) is 7.73. The van der Waals surface area contributed by atoms with E-state index in [1.807, 2.05) is 0 Å². The first-order valence-electron chi connectivity index (χ1n) is 7.85. The SMILES string of the molecule is O=C(NC[C@H]1OC[C@@H](NCc2cnc[nH]2)[C@@H]1O)N1CCOCC1. The van der Waals surface area contributed by atoms with Crippen LogP contribution in [0.25, 0.3) is 0 Å². The van der Waals surface area contributed by atoms with Gasteiger partial charge in [0, 0.05) is 38.1 Å². The molecule has 23 heavy (non-hydrogen) atoms. The smallest absolute Gasteiger partial charge is 0.317 e. The van der Waals surface area contributed by atoms with Crippen molar-refractivity contribution in [3.63, 3.8) is 0 Å². The van der Waals surface area contributed by atoms with Gasteiger partial charge in [0.15, 0.2) is 0 Å². The van der Waals surface area contributed by atoms with Crippen molar-refractivity contribution < 1.29 is 19.4 Å². The average Bonchev–Trinajstić information content (AvgIpc) is 3.22. The Morgan fingerprint density at radius 2 is 2.30 bits per heavy atom. The summed E-state index contributed by atoms with van der Waals surface area (Å²) in [4.78, 5) is 20.7. The van der Waals surface area contributed by atoms with Crippen LogP contribution in [-0.2, 0) is 16.0 Å². The predicted octanol–water partition coefficient (Wildman–Crippen LogP) is -1.33. The first-order valence-corrected chi connectivity index (χ1v) is 7.85. The Balaban J connectivity index is 1.39.